The summed E-state index contributed by atoms with van der Waals surface area (Å²) in [4.78, 5) is 8.34. The number of hydrogen-bond donors (Lipinski definition) is 3. The molecule has 0 amide bonds. The zero-order valence-electron chi connectivity index (χ0n) is 16.4. The molecule has 0 saturated carbocycles. The van der Waals surface area contributed by atoms with Crippen molar-refractivity contribution in [2.45, 2.75) is 12.8 Å². The number of hydrogen-bond acceptors (Lipinski definition) is 8. The highest BCUT2D eigenvalue weighted by molar-refractivity contribution is 5.56. The van der Waals surface area contributed by atoms with Gasteiger partial charge in [0, 0.05) is 25.0 Å². The van der Waals surface area contributed by atoms with Crippen LogP contribution in [0.3, 0.4) is 0 Å². The lowest BCUT2D eigenvalue weighted by molar-refractivity contribution is 0.627. The van der Waals surface area contributed by atoms with Crippen molar-refractivity contribution in [3.05, 3.63) is 65.9 Å². The lowest BCUT2D eigenvalue weighted by Crippen LogP contribution is -2.09. The van der Waals surface area contributed by atoms with Gasteiger partial charge in [-0.05, 0) is 43.2 Å². The Morgan fingerprint density at radius 2 is 1.97 bits per heavy atom. The van der Waals surface area contributed by atoms with Gasteiger partial charge in [-0.25, -0.2) is 13.8 Å². The number of nitrogens with one attached hydrogen (secondary N) is 1. The molecule has 0 atom stereocenters. The number of nitriles is 1. The van der Waals surface area contributed by atoms with Crippen LogP contribution < -0.4 is 16.8 Å². The minimum atomic E-state index is -0.359. The topological polar surface area (TPSA) is 149 Å². The van der Waals surface area contributed by atoms with Crippen molar-refractivity contribution in [1.82, 2.24) is 29.5 Å². The number of nitrogens with zero attached hydrogens (tertiary/aromatic N) is 7. The van der Waals surface area contributed by atoms with Gasteiger partial charge in [-0.3, -0.25) is 0 Å². The molecule has 0 aliphatic heterocycles. The minimum absolute atomic E-state index is 0.132. The van der Waals surface area contributed by atoms with Crippen molar-refractivity contribution in [2.24, 2.45) is 0 Å². The summed E-state index contributed by atoms with van der Waals surface area (Å²) in [5.41, 5.74) is 13.4. The molecule has 0 fully saturated rings. The third-order valence-corrected chi connectivity index (χ3v) is 4.54. The summed E-state index contributed by atoms with van der Waals surface area (Å²) in [6, 6.07) is 11.4. The van der Waals surface area contributed by atoms with Crippen LogP contribution in [0.2, 0.25) is 0 Å². The average molecular weight is 418 g/mol. The first kappa shape index (κ1) is 19.8. The normalized spacial score (nSPS) is 10.7. The van der Waals surface area contributed by atoms with E-state index in [9.17, 15) is 9.65 Å². The molecule has 156 valence electrons. The first-order valence-corrected chi connectivity index (χ1v) is 9.47. The SMILES string of the molecule is N#Cc1c(CCCNc2cc(-n3cccn3)nc(N)n2)nn(-c2ccc(F)cc2)c1N. The number of halogens is 1. The second-order valence-corrected chi connectivity index (χ2v) is 6.66. The fraction of sp³-hybridized carbons (Fsp3) is 0.150. The summed E-state index contributed by atoms with van der Waals surface area (Å²) >= 11 is 0. The Labute approximate surface area is 177 Å². The van der Waals surface area contributed by atoms with E-state index in [-0.39, 0.29) is 17.6 Å². The molecule has 10 nitrogen and oxygen atoms in total. The molecule has 0 saturated heterocycles. The van der Waals surface area contributed by atoms with Crippen LogP contribution in [0.25, 0.3) is 11.5 Å². The Balaban J connectivity index is 1.43. The van der Waals surface area contributed by atoms with E-state index in [0.717, 1.165) is 0 Å². The van der Waals surface area contributed by atoms with Crippen molar-refractivity contribution in [3.8, 4) is 17.6 Å². The smallest absolute Gasteiger partial charge is 0.224 e. The number of aryl methyl sites for hydroxylation is 1. The van der Waals surface area contributed by atoms with Crippen LogP contribution >= 0.6 is 0 Å². The van der Waals surface area contributed by atoms with E-state index in [1.165, 1.54) is 16.8 Å². The largest absolute Gasteiger partial charge is 0.382 e. The standard InChI is InChI=1S/C20H19FN10/c21-13-4-6-14(7-5-13)31-19(23)15(12-22)16(29-31)3-1-8-25-17-11-18(28-20(24)27-17)30-10-2-9-26-30/h2,4-7,9-11H,1,3,8,23H2,(H3,24,25,27,28). The van der Waals surface area contributed by atoms with Crippen LogP contribution in [-0.4, -0.2) is 36.1 Å². The first-order chi connectivity index (χ1) is 15.0. The number of aromatic nitrogens is 6. The first-order valence-electron chi connectivity index (χ1n) is 9.47. The summed E-state index contributed by atoms with van der Waals surface area (Å²) < 4.78 is 16.2. The Morgan fingerprint density at radius 3 is 2.68 bits per heavy atom. The van der Waals surface area contributed by atoms with Gasteiger partial charge in [0.2, 0.25) is 5.95 Å². The maximum absolute atomic E-state index is 13.2. The summed E-state index contributed by atoms with van der Waals surface area (Å²) in [7, 11) is 0. The molecule has 31 heavy (non-hydrogen) atoms. The quantitative estimate of drug-likeness (QED) is 0.386. The fourth-order valence-corrected chi connectivity index (χ4v) is 3.09. The zero-order chi connectivity index (χ0) is 21.8. The molecule has 0 aliphatic carbocycles. The average Bonchev–Trinajstić information content (AvgIpc) is 3.40. The zero-order valence-corrected chi connectivity index (χ0v) is 16.4. The molecule has 0 radical (unpaired) electrons. The van der Waals surface area contributed by atoms with E-state index in [1.807, 2.05) is 0 Å². The lowest BCUT2D eigenvalue weighted by Gasteiger charge is -2.08. The monoisotopic (exact) mass is 418 g/mol. The van der Waals surface area contributed by atoms with Gasteiger partial charge in [0.1, 0.15) is 29.1 Å². The van der Waals surface area contributed by atoms with Crippen LogP contribution in [0.1, 0.15) is 17.7 Å². The van der Waals surface area contributed by atoms with E-state index < -0.39 is 0 Å². The van der Waals surface area contributed by atoms with E-state index in [1.54, 1.807) is 41.3 Å². The fourth-order valence-electron chi connectivity index (χ4n) is 3.09. The van der Waals surface area contributed by atoms with Crippen molar-refractivity contribution in [2.75, 3.05) is 23.3 Å². The van der Waals surface area contributed by atoms with Gasteiger partial charge in [0.05, 0.1) is 11.4 Å². The van der Waals surface area contributed by atoms with Crippen LogP contribution in [-0.2, 0) is 6.42 Å². The van der Waals surface area contributed by atoms with Crippen LogP contribution in [0.4, 0.5) is 22.0 Å². The molecule has 5 N–H and O–H groups in total. The number of rotatable bonds is 7. The Kier molecular flexibility index (Phi) is 5.44. The molecule has 0 aliphatic rings. The minimum Gasteiger partial charge on any atom is -0.382 e. The molecule has 4 aromatic rings. The summed E-state index contributed by atoms with van der Waals surface area (Å²) in [5, 5.41) is 21.3. The maximum Gasteiger partial charge on any atom is 0.224 e. The highest BCUT2D eigenvalue weighted by Crippen LogP contribution is 2.22. The number of nitrogen functional groups attached to an aromatic ring is 2. The molecule has 11 heteroatoms. The molecule has 3 aromatic heterocycles. The van der Waals surface area contributed by atoms with E-state index in [2.05, 4.69) is 31.6 Å². The number of nitrogens with two attached hydrogens (primary N) is 2. The van der Waals surface area contributed by atoms with Crippen molar-refractivity contribution < 1.29 is 4.39 Å². The predicted octanol–water partition coefficient (Wildman–Crippen LogP) is 2.07. The maximum atomic E-state index is 13.2. The van der Waals surface area contributed by atoms with E-state index in [0.29, 0.717) is 48.0 Å². The molecule has 0 spiro atoms. The number of anilines is 3. The van der Waals surface area contributed by atoms with Crippen LogP contribution in [0, 0.1) is 17.1 Å². The molecular formula is C20H19FN10. The highest BCUT2D eigenvalue weighted by Gasteiger charge is 2.16. The highest BCUT2D eigenvalue weighted by atomic mass is 19.1. The molecule has 0 unspecified atom stereocenters. The molecule has 0 bridgehead atoms. The van der Waals surface area contributed by atoms with Gasteiger partial charge in [-0.2, -0.15) is 25.4 Å². The molecule has 3 heterocycles. The summed E-state index contributed by atoms with van der Waals surface area (Å²) in [5.74, 6) is 1.12. The second-order valence-electron chi connectivity index (χ2n) is 6.66. The summed E-state index contributed by atoms with van der Waals surface area (Å²) in [6.07, 6.45) is 4.59. The van der Waals surface area contributed by atoms with Gasteiger partial charge in [-0.1, -0.05) is 0 Å². The third-order valence-electron chi connectivity index (χ3n) is 4.54. The third kappa shape index (κ3) is 4.27. The van der Waals surface area contributed by atoms with Gasteiger partial charge >= 0.3 is 0 Å². The molecule has 4 rings (SSSR count). The predicted molar refractivity (Wildman–Crippen MR) is 113 cm³/mol. The van der Waals surface area contributed by atoms with E-state index in [4.69, 9.17) is 11.5 Å². The molecule has 1 aromatic carbocycles. The summed E-state index contributed by atoms with van der Waals surface area (Å²) in [6.45, 7) is 0.559. The molecular weight excluding hydrogens is 399 g/mol. The van der Waals surface area contributed by atoms with Crippen molar-refractivity contribution in [3.63, 3.8) is 0 Å². The lowest BCUT2D eigenvalue weighted by atomic mass is 10.1. The van der Waals surface area contributed by atoms with Crippen LogP contribution in [0.15, 0.2) is 48.8 Å². The van der Waals surface area contributed by atoms with Crippen molar-refractivity contribution in [1.29, 1.82) is 5.26 Å². The van der Waals surface area contributed by atoms with Gasteiger partial charge < -0.3 is 16.8 Å². The van der Waals surface area contributed by atoms with E-state index >= 15 is 0 Å². The number of benzene rings is 1. The van der Waals surface area contributed by atoms with Gasteiger partial charge in [0.15, 0.2) is 5.82 Å². The Bertz CT molecular complexity index is 1220. The van der Waals surface area contributed by atoms with Crippen molar-refractivity contribution >= 4 is 17.6 Å². The van der Waals surface area contributed by atoms with Gasteiger partial charge in [-0.15, -0.1) is 0 Å². The van der Waals surface area contributed by atoms with Gasteiger partial charge in [0.25, 0.3) is 0 Å². The van der Waals surface area contributed by atoms with Crippen LogP contribution in [0.5, 0.6) is 0 Å². The Morgan fingerprint density at radius 1 is 1.16 bits per heavy atom. The Hall–Kier alpha value is -4.46. The second kappa shape index (κ2) is 8.50.